The van der Waals surface area contributed by atoms with Crippen LogP contribution in [0.1, 0.15) is 5.56 Å². The zero-order valence-corrected chi connectivity index (χ0v) is 12.0. The lowest BCUT2D eigenvalue weighted by Crippen LogP contribution is -1.96. The van der Waals surface area contributed by atoms with Gasteiger partial charge in [-0.2, -0.15) is 0 Å². The number of nitrogens with one attached hydrogen (secondary N) is 1. The lowest BCUT2D eigenvalue weighted by Gasteiger charge is -2.10. The second-order valence-corrected chi connectivity index (χ2v) is 5.22. The highest BCUT2D eigenvalue weighted by molar-refractivity contribution is 9.10. The molecule has 3 aromatic rings. The van der Waals surface area contributed by atoms with Gasteiger partial charge in [-0.1, -0.05) is 12.1 Å². The first-order valence-corrected chi connectivity index (χ1v) is 6.75. The molecule has 0 bridgehead atoms. The van der Waals surface area contributed by atoms with Gasteiger partial charge in [-0.15, -0.1) is 0 Å². The van der Waals surface area contributed by atoms with Gasteiger partial charge in [0.25, 0.3) is 0 Å². The minimum absolute atomic E-state index is 0.815. The molecule has 94 valence electrons. The minimum atomic E-state index is 0.815. The fraction of sp³-hybridized carbons (Fsp3) is 0.0667. The highest BCUT2D eigenvalue weighted by atomic mass is 79.9. The van der Waals surface area contributed by atoms with Gasteiger partial charge < -0.3 is 5.32 Å². The number of hydrogen-bond donors (Lipinski definition) is 1. The lowest BCUT2D eigenvalue weighted by molar-refractivity contribution is 1.24. The molecule has 0 unspecified atom stereocenters. The predicted molar refractivity (Wildman–Crippen MR) is 81.7 cm³/mol. The van der Waals surface area contributed by atoms with E-state index >= 15 is 0 Å². The molecule has 0 saturated carbocycles. The Morgan fingerprint density at radius 2 is 2.05 bits per heavy atom. The van der Waals surface area contributed by atoms with Gasteiger partial charge in [0.1, 0.15) is 5.82 Å². The van der Waals surface area contributed by atoms with E-state index in [-0.39, 0.29) is 0 Å². The maximum absolute atomic E-state index is 4.41. The van der Waals surface area contributed by atoms with Crippen molar-refractivity contribution in [2.24, 2.45) is 0 Å². The highest BCUT2D eigenvalue weighted by Gasteiger charge is 2.05. The summed E-state index contributed by atoms with van der Waals surface area (Å²) in [4.78, 5) is 8.54. The van der Waals surface area contributed by atoms with E-state index in [0.29, 0.717) is 0 Å². The summed E-state index contributed by atoms with van der Waals surface area (Å²) in [7, 11) is 0. The van der Waals surface area contributed by atoms with Gasteiger partial charge in [-0.05, 0) is 46.6 Å². The van der Waals surface area contributed by atoms with E-state index in [4.69, 9.17) is 0 Å². The number of benzene rings is 1. The monoisotopic (exact) mass is 313 g/mol. The van der Waals surface area contributed by atoms with Crippen molar-refractivity contribution in [3.63, 3.8) is 0 Å². The summed E-state index contributed by atoms with van der Waals surface area (Å²) in [6.07, 6.45) is 5.50. The van der Waals surface area contributed by atoms with E-state index in [1.54, 1.807) is 6.20 Å². The van der Waals surface area contributed by atoms with E-state index < -0.39 is 0 Å². The van der Waals surface area contributed by atoms with Gasteiger partial charge in [0.2, 0.25) is 0 Å². The average Bonchev–Trinajstić information content (AvgIpc) is 2.42. The zero-order valence-electron chi connectivity index (χ0n) is 10.4. The van der Waals surface area contributed by atoms with E-state index in [9.17, 15) is 0 Å². The molecule has 0 aliphatic rings. The van der Waals surface area contributed by atoms with Gasteiger partial charge in [0.15, 0.2) is 0 Å². The summed E-state index contributed by atoms with van der Waals surface area (Å²) in [5.41, 5.74) is 2.15. The number of halogens is 1. The number of aromatic nitrogens is 2. The molecule has 19 heavy (non-hydrogen) atoms. The molecule has 0 aliphatic carbocycles. The van der Waals surface area contributed by atoms with Crippen LogP contribution >= 0.6 is 15.9 Å². The van der Waals surface area contributed by atoms with Crippen molar-refractivity contribution in [1.82, 2.24) is 9.97 Å². The number of nitrogens with zero attached hydrogens (tertiary/aromatic N) is 2. The van der Waals surface area contributed by atoms with E-state index in [0.717, 1.165) is 32.3 Å². The molecule has 1 N–H and O–H groups in total. The fourth-order valence-corrected chi connectivity index (χ4v) is 2.55. The molecular formula is C15H12BrN3. The van der Waals surface area contributed by atoms with Gasteiger partial charge in [0.05, 0.1) is 4.47 Å². The van der Waals surface area contributed by atoms with Gasteiger partial charge in [-0.25, -0.2) is 4.98 Å². The van der Waals surface area contributed by atoms with Crippen LogP contribution in [0.3, 0.4) is 0 Å². The first kappa shape index (κ1) is 12.1. The normalized spacial score (nSPS) is 10.6. The van der Waals surface area contributed by atoms with E-state index in [1.165, 1.54) is 0 Å². The number of fused-ring (bicyclic) bond motifs is 1. The molecule has 0 aliphatic heterocycles. The Kier molecular flexibility index (Phi) is 3.17. The van der Waals surface area contributed by atoms with E-state index in [1.807, 2.05) is 49.6 Å². The van der Waals surface area contributed by atoms with Crippen LogP contribution in [0.25, 0.3) is 10.8 Å². The van der Waals surface area contributed by atoms with Crippen LogP contribution in [-0.4, -0.2) is 9.97 Å². The largest absolute Gasteiger partial charge is 0.339 e. The molecule has 0 atom stereocenters. The summed E-state index contributed by atoms with van der Waals surface area (Å²) < 4.78 is 0.957. The van der Waals surface area contributed by atoms with Crippen LogP contribution in [0.4, 0.5) is 11.5 Å². The molecule has 4 heteroatoms. The Hall–Kier alpha value is -1.94. The van der Waals surface area contributed by atoms with Crippen LogP contribution in [0.5, 0.6) is 0 Å². The van der Waals surface area contributed by atoms with Crippen molar-refractivity contribution in [2.45, 2.75) is 6.92 Å². The van der Waals surface area contributed by atoms with Crippen molar-refractivity contribution in [1.29, 1.82) is 0 Å². The van der Waals surface area contributed by atoms with Crippen LogP contribution in [0.15, 0.2) is 53.4 Å². The Labute approximate surface area is 119 Å². The smallest absolute Gasteiger partial charge is 0.144 e. The third-order valence-electron chi connectivity index (χ3n) is 2.91. The molecule has 2 aromatic heterocycles. The molecule has 2 heterocycles. The molecule has 3 rings (SSSR count). The van der Waals surface area contributed by atoms with Crippen LogP contribution in [0, 0.1) is 6.92 Å². The summed E-state index contributed by atoms with van der Waals surface area (Å²) in [6.45, 7) is 2.02. The number of rotatable bonds is 2. The number of aryl methyl sites for hydroxylation is 1. The zero-order chi connectivity index (χ0) is 13.2. The Morgan fingerprint density at radius 1 is 1.16 bits per heavy atom. The molecule has 0 spiro atoms. The topological polar surface area (TPSA) is 37.8 Å². The average molecular weight is 314 g/mol. The van der Waals surface area contributed by atoms with Crippen LogP contribution in [-0.2, 0) is 0 Å². The SMILES string of the molecule is Cc1cnc(Nc2cccc3cnccc23)c(Br)c1. The van der Waals surface area contributed by atoms with Crippen molar-refractivity contribution >= 4 is 38.2 Å². The minimum Gasteiger partial charge on any atom is -0.339 e. The lowest BCUT2D eigenvalue weighted by atomic mass is 10.1. The van der Waals surface area contributed by atoms with Crippen molar-refractivity contribution in [3.8, 4) is 0 Å². The molecular weight excluding hydrogens is 302 g/mol. The van der Waals surface area contributed by atoms with Gasteiger partial charge >= 0.3 is 0 Å². The third kappa shape index (κ3) is 2.44. The fourth-order valence-electron chi connectivity index (χ4n) is 1.98. The molecule has 1 aromatic carbocycles. The van der Waals surface area contributed by atoms with Crippen molar-refractivity contribution in [3.05, 3.63) is 59.0 Å². The Bertz CT molecular complexity index is 735. The second kappa shape index (κ2) is 4.97. The number of anilines is 2. The van der Waals surface area contributed by atoms with Crippen LogP contribution in [0.2, 0.25) is 0 Å². The third-order valence-corrected chi connectivity index (χ3v) is 3.52. The standard InChI is InChI=1S/C15H12BrN3/c1-10-7-13(16)15(18-8-10)19-14-4-2-3-11-9-17-6-5-12(11)14/h2-9H,1H3,(H,18,19). The first-order valence-electron chi connectivity index (χ1n) is 5.96. The maximum atomic E-state index is 4.41. The van der Waals surface area contributed by atoms with Crippen molar-refractivity contribution < 1.29 is 0 Å². The number of hydrogen-bond acceptors (Lipinski definition) is 3. The number of pyridine rings is 2. The summed E-state index contributed by atoms with van der Waals surface area (Å²) >= 11 is 3.53. The molecule has 0 fully saturated rings. The first-order chi connectivity index (χ1) is 9.24. The Morgan fingerprint density at radius 3 is 2.89 bits per heavy atom. The van der Waals surface area contributed by atoms with Crippen molar-refractivity contribution in [2.75, 3.05) is 5.32 Å². The molecule has 3 nitrogen and oxygen atoms in total. The Balaban J connectivity index is 2.06. The van der Waals surface area contributed by atoms with Gasteiger partial charge in [0, 0.05) is 35.1 Å². The predicted octanol–water partition coefficient (Wildman–Crippen LogP) is 4.44. The van der Waals surface area contributed by atoms with E-state index in [2.05, 4.69) is 31.2 Å². The maximum Gasteiger partial charge on any atom is 0.144 e. The quantitative estimate of drug-likeness (QED) is 0.759. The van der Waals surface area contributed by atoms with Crippen LogP contribution < -0.4 is 5.32 Å². The summed E-state index contributed by atoms with van der Waals surface area (Å²) in [5, 5.41) is 5.60. The summed E-state index contributed by atoms with van der Waals surface area (Å²) in [6, 6.07) is 10.1. The van der Waals surface area contributed by atoms with Gasteiger partial charge in [-0.3, -0.25) is 4.98 Å². The molecule has 0 radical (unpaired) electrons. The summed E-state index contributed by atoms with van der Waals surface area (Å²) in [5.74, 6) is 0.815. The molecule has 0 amide bonds. The molecule has 0 saturated heterocycles. The second-order valence-electron chi connectivity index (χ2n) is 4.37. The highest BCUT2D eigenvalue weighted by Crippen LogP contribution is 2.28.